The van der Waals surface area contributed by atoms with Gasteiger partial charge in [-0.1, -0.05) is 49.3 Å². The van der Waals surface area contributed by atoms with E-state index < -0.39 is 6.92 Å². The minimum absolute atomic E-state index is 0.415. The molecule has 0 aliphatic carbocycles. The van der Waals surface area contributed by atoms with Gasteiger partial charge in [-0.25, -0.2) is 0 Å². The number of fused-ring (bicyclic) bond motifs is 1. The zero-order valence-electron chi connectivity index (χ0n) is 10.2. The van der Waals surface area contributed by atoms with Gasteiger partial charge < -0.3 is 10.0 Å². The first-order valence-electron chi connectivity index (χ1n) is 6.10. The van der Waals surface area contributed by atoms with Gasteiger partial charge in [-0.05, 0) is 23.2 Å². The van der Waals surface area contributed by atoms with E-state index in [2.05, 4.69) is 23.2 Å². The van der Waals surface area contributed by atoms with Crippen molar-refractivity contribution >= 4 is 23.3 Å². The van der Waals surface area contributed by atoms with Gasteiger partial charge in [-0.3, -0.25) is 0 Å². The van der Waals surface area contributed by atoms with E-state index in [0.29, 0.717) is 0 Å². The Labute approximate surface area is 106 Å². The molecule has 1 aromatic heterocycles. The third-order valence-electron chi connectivity index (χ3n) is 3.23. The Hall–Kier alpha value is -2.00. The molecule has 0 unspecified atom stereocenters. The van der Waals surface area contributed by atoms with Crippen molar-refractivity contribution < 1.29 is 5.02 Å². The lowest BCUT2D eigenvalue weighted by molar-refractivity contribution is 0.594. The lowest BCUT2D eigenvalue weighted by atomic mass is 9.64. The second-order valence-electron chi connectivity index (χ2n) is 4.57. The first-order valence-corrected chi connectivity index (χ1v) is 6.10. The van der Waals surface area contributed by atoms with Gasteiger partial charge in [0.25, 0.3) is 0 Å². The summed E-state index contributed by atoms with van der Waals surface area (Å²) in [6.45, 7) is 1.36. The van der Waals surface area contributed by atoms with Crippen LogP contribution in [0, 0.1) is 0 Å². The Balaban J connectivity index is 2.03. The summed E-state index contributed by atoms with van der Waals surface area (Å²) in [4.78, 5) is 3.40. The monoisotopic (exact) mass is 235 g/mol. The molecule has 3 aromatic rings. The van der Waals surface area contributed by atoms with E-state index in [4.69, 9.17) is 0 Å². The van der Waals surface area contributed by atoms with Crippen LogP contribution in [0.5, 0.6) is 0 Å². The number of aromatic amines is 1. The quantitative estimate of drug-likeness (QED) is 0.658. The van der Waals surface area contributed by atoms with Crippen molar-refractivity contribution in [3.63, 3.8) is 0 Å². The van der Waals surface area contributed by atoms with Gasteiger partial charge in [0.2, 0.25) is 0 Å². The number of hydrogen-bond donors (Lipinski definition) is 2. The maximum Gasteiger partial charge on any atom is 0.320 e. The summed E-state index contributed by atoms with van der Waals surface area (Å²) in [7, 11) is 0. The summed E-state index contributed by atoms with van der Waals surface area (Å²) >= 11 is 0. The molecule has 2 aromatic carbocycles. The highest BCUT2D eigenvalue weighted by molar-refractivity contribution is 6.64. The fourth-order valence-electron chi connectivity index (χ4n) is 2.17. The second kappa shape index (κ2) is 4.35. The minimum Gasteiger partial charge on any atom is -0.447 e. The van der Waals surface area contributed by atoms with Gasteiger partial charge in [0.05, 0.1) is 0 Å². The summed E-state index contributed by atoms with van der Waals surface area (Å²) in [5, 5.41) is 10.7. The zero-order chi connectivity index (χ0) is 12.5. The van der Waals surface area contributed by atoms with Crippen molar-refractivity contribution in [1.29, 1.82) is 0 Å². The largest absolute Gasteiger partial charge is 0.447 e. The number of benzene rings is 2. The van der Waals surface area contributed by atoms with E-state index >= 15 is 0 Å². The van der Waals surface area contributed by atoms with Crippen molar-refractivity contribution in [2.45, 2.75) is 6.82 Å². The van der Waals surface area contributed by atoms with E-state index in [1.54, 1.807) is 6.82 Å². The molecule has 0 saturated carbocycles. The normalized spacial score (nSPS) is 10.8. The van der Waals surface area contributed by atoms with E-state index in [-0.39, 0.29) is 0 Å². The van der Waals surface area contributed by atoms with Crippen LogP contribution < -0.4 is 5.46 Å². The van der Waals surface area contributed by atoms with Crippen molar-refractivity contribution in [1.82, 2.24) is 4.98 Å². The molecule has 3 heteroatoms. The third kappa shape index (κ3) is 1.93. The third-order valence-corrected chi connectivity index (χ3v) is 3.23. The second-order valence-corrected chi connectivity index (χ2v) is 4.57. The lowest BCUT2D eigenvalue weighted by Crippen LogP contribution is -2.25. The molecule has 0 amide bonds. The molecule has 3 rings (SSSR count). The summed E-state index contributed by atoms with van der Waals surface area (Å²) < 4.78 is 0. The van der Waals surface area contributed by atoms with E-state index in [1.807, 2.05) is 36.4 Å². The predicted octanol–water partition coefficient (Wildman–Crippen LogP) is 2.66. The summed E-state index contributed by atoms with van der Waals surface area (Å²) in [5.41, 5.74) is 4.32. The number of rotatable bonds is 2. The molecule has 0 aliphatic rings. The number of H-pyrrole nitrogens is 1. The van der Waals surface area contributed by atoms with Crippen molar-refractivity contribution in [2.24, 2.45) is 0 Å². The minimum atomic E-state index is -0.415. The number of para-hydroxylation sites is 1. The summed E-state index contributed by atoms with van der Waals surface area (Å²) in [6.07, 6.45) is 0. The van der Waals surface area contributed by atoms with Crippen LogP contribution in [0.15, 0.2) is 54.6 Å². The molecule has 2 nitrogen and oxygen atoms in total. The Morgan fingerprint density at radius 1 is 1.00 bits per heavy atom. The highest BCUT2D eigenvalue weighted by Gasteiger charge is 2.07. The van der Waals surface area contributed by atoms with Crippen LogP contribution in [0.2, 0.25) is 6.82 Å². The highest BCUT2D eigenvalue weighted by Crippen LogP contribution is 2.23. The first kappa shape index (κ1) is 11.1. The standard InChI is InChI=1S/C15H14BNO/c1-16(18)13-8-6-11(7-9-13)15-10-12-4-2-3-5-14(12)17-15/h2-10,17-18H,1H3. The van der Waals surface area contributed by atoms with Gasteiger partial charge in [-0.15, -0.1) is 0 Å². The van der Waals surface area contributed by atoms with Crippen LogP contribution in [-0.2, 0) is 0 Å². The van der Waals surface area contributed by atoms with E-state index in [0.717, 1.165) is 22.2 Å². The number of nitrogens with one attached hydrogen (secondary N) is 1. The fraction of sp³-hybridized carbons (Fsp3) is 0.0667. The predicted molar refractivity (Wildman–Crippen MR) is 77.2 cm³/mol. The molecule has 0 spiro atoms. The average molecular weight is 235 g/mol. The Morgan fingerprint density at radius 2 is 1.72 bits per heavy atom. The lowest BCUT2D eigenvalue weighted by Gasteiger charge is -2.02. The Morgan fingerprint density at radius 3 is 2.39 bits per heavy atom. The van der Waals surface area contributed by atoms with Gasteiger partial charge in [-0.2, -0.15) is 0 Å². The maximum atomic E-state index is 9.49. The van der Waals surface area contributed by atoms with Crippen molar-refractivity contribution in [3.8, 4) is 11.3 Å². The van der Waals surface area contributed by atoms with Gasteiger partial charge in [0, 0.05) is 16.6 Å². The van der Waals surface area contributed by atoms with Crippen molar-refractivity contribution in [2.75, 3.05) is 0 Å². The van der Waals surface area contributed by atoms with Crippen LogP contribution in [0.4, 0.5) is 0 Å². The zero-order valence-corrected chi connectivity index (χ0v) is 10.2. The first-order chi connectivity index (χ1) is 8.74. The average Bonchev–Trinajstić information content (AvgIpc) is 2.82. The number of aromatic nitrogens is 1. The van der Waals surface area contributed by atoms with Crippen LogP contribution in [0.1, 0.15) is 0 Å². The molecule has 2 N–H and O–H groups in total. The molecule has 0 fully saturated rings. The van der Waals surface area contributed by atoms with Gasteiger partial charge >= 0.3 is 6.92 Å². The Bertz CT molecular complexity index is 637. The smallest absolute Gasteiger partial charge is 0.320 e. The Kier molecular flexibility index (Phi) is 2.69. The van der Waals surface area contributed by atoms with Crippen LogP contribution in [-0.4, -0.2) is 16.9 Å². The molecule has 0 aliphatic heterocycles. The maximum absolute atomic E-state index is 9.49. The van der Waals surface area contributed by atoms with Gasteiger partial charge in [0.15, 0.2) is 0 Å². The molecule has 88 valence electrons. The molecule has 18 heavy (non-hydrogen) atoms. The summed E-state index contributed by atoms with van der Waals surface area (Å²) in [5.74, 6) is 0. The van der Waals surface area contributed by atoms with Crippen LogP contribution in [0.25, 0.3) is 22.2 Å². The molecule has 0 atom stereocenters. The molecule has 0 radical (unpaired) electrons. The molecular formula is C15H14BNO. The molecular weight excluding hydrogens is 221 g/mol. The summed E-state index contributed by atoms with van der Waals surface area (Å²) in [6, 6.07) is 18.4. The van der Waals surface area contributed by atoms with E-state index in [9.17, 15) is 5.02 Å². The molecule has 1 heterocycles. The SMILES string of the molecule is CB(O)c1ccc(-c2cc3ccccc3[nH]2)cc1. The van der Waals surface area contributed by atoms with E-state index in [1.165, 1.54) is 5.39 Å². The highest BCUT2D eigenvalue weighted by atomic mass is 16.2. The van der Waals surface area contributed by atoms with Gasteiger partial charge in [0.1, 0.15) is 0 Å². The topological polar surface area (TPSA) is 36.0 Å². The van der Waals surface area contributed by atoms with Crippen LogP contribution >= 0.6 is 0 Å². The fourth-order valence-corrected chi connectivity index (χ4v) is 2.17. The van der Waals surface area contributed by atoms with Crippen molar-refractivity contribution in [3.05, 3.63) is 54.6 Å². The van der Waals surface area contributed by atoms with Crippen LogP contribution in [0.3, 0.4) is 0 Å². The molecule has 0 saturated heterocycles. The number of hydrogen-bond acceptors (Lipinski definition) is 1. The molecule has 0 bridgehead atoms.